The smallest absolute Gasteiger partial charge is 0.191 e. The van der Waals surface area contributed by atoms with Gasteiger partial charge < -0.3 is 10.6 Å². The fraction of sp³-hybridized carbons (Fsp3) is 0.562. The predicted molar refractivity (Wildman–Crippen MR) is 84.8 cm³/mol. The van der Waals surface area contributed by atoms with Gasteiger partial charge >= 0.3 is 0 Å². The van der Waals surface area contributed by atoms with Crippen LogP contribution in [-0.4, -0.2) is 43.6 Å². The van der Waals surface area contributed by atoms with E-state index in [2.05, 4.69) is 34.5 Å². The lowest BCUT2D eigenvalue weighted by Gasteiger charge is -2.25. The van der Waals surface area contributed by atoms with Gasteiger partial charge in [0.25, 0.3) is 0 Å². The second-order valence-corrected chi connectivity index (χ2v) is 5.79. The van der Waals surface area contributed by atoms with Crippen LogP contribution in [0.4, 0.5) is 8.78 Å². The highest BCUT2D eigenvalue weighted by Gasteiger charge is 2.28. The Kier molecular flexibility index (Phi) is 5.71. The molecule has 0 bridgehead atoms. The monoisotopic (exact) mass is 310 g/mol. The second kappa shape index (κ2) is 7.54. The summed E-state index contributed by atoms with van der Waals surface area (Å²) in [5.41, 5.74) is 0.283. The summed E-state index contributed by atoms with van der Waals surface area (Å²) < 4.78 is 26.7. The van der Waals surface area contributed by atoms with Gasteiger partial charge in [0.2, 0.25) is 0 Å². The van der Waals surface area contributed by atoms with Crippen LogP contribution in [0.25, 0.3) is 0 Å². The Labute approximate surface area is 130 Å². The van der Waals surface area contributed by atoms with Crippen LogP contribution in [-0.2, 0) is 6.54 Å². The fourth-order valence-electron chi connectivity index (χ4n) is 2.31. The Morgan fingerprint density at radius 1 is 1.36 bits per heavy atom. The first-order valence-corrected chi connectivity index (χ1v) is 7.61. The first kappa shape index (κ1) is 16.7. The molecule has 122 valence electrons. The number of halogens is 2. The molecule has 1 fully saturated rings. The molecule has 0 radical (unpaired) electrons. The maximum absolute atomic E-state index is 13.6. The minimum atomic E-state index is -0.444. The molecule has 1 aliphatic carbocycles. The molecule has 4 nitrogen and oxygen atoms in total. The third-order valence-electron chi connectivity index (χ3n) is 4.06. The lowest BCUT2D eigenvalue weighted by molar-refractivity contribution is 0.247. The van der Waals surface area contributed by atoms with Crippen molar-refractivity contribution < 1.29 is 8.78 Å². The highest BCUT2D eigenvalue weighted by Crippen LogP contribution is 2.26. The summed E-state index contributed by atoms with van der Waals surface area (Å²) in [6, 6.07) is 4.53. The summed E-state index contributed by atoms with van der Waals surface area (Å²) in [4.78, 5) is 6.46. The van der Waals surface area contributed by atoms with Gasteiger partial charge in [-0.15, -0.1) is 0 Å². The summed E-state index contributed by atoms with van der Waals surface area (Å²) in [7, 11) is 3.79. The molecule has 2 rings (SSSR count). The van der Waals surface area contributed by atoms with E-state index >= 15 is 0 Å². The molecule has 1 aromatic rings. The van der Waals surface area contributed by atoms with Gasteiger partial charge in [0.15, 0.2) is 5.96 Å². The molecule has 1 saturated carbocycles. The van der Waals surface area contributed by atoms with Gasteiger partial charge in [0, 0.05) is 37.8 Å². The molecule has 0 spiro atoms. The van der Waals surface area contributed by atoms with Crippen LogP contribution >= 0.6 is 0 Å². The standard InChI is InChI=1S/C16H24F2N4/c1-11(22(3)14-5-6-14)9-20-16(19-2)21-10-12-8-13(17)4-7-15(12)18/h4,7-8,11,14H,5-6,9-10H2,1-3H3,(H2,19,20,21). The quantitative estimate of drug-likeness (QED) is 0.624. The number of nitrogens with zero attached hydrogens (tertiary/aromatic N) is 2. The van der Waals surface area contributed by atoms with Crippen molar-refractivity contribution in [3.63, 3.8) is 0 Å². The number of hydrogen-bond acceptors (Lipinski definition) is 2. The van der Waals surface area contributed by atoms with Gasteiger partial charge in [-0.2, -0.15) is 0 Å². The van der Waals surface area contributed by atoms with Gasteiger partial charge in [-0.1, -0.05) is 0 Å². The molecular weight excluding hydrogens is 286 g/mol. The van der Waals surface area contributed by atoms with Crippen molar-refractivity contribution in [2.75, 3.05) is 20.6 Å². The lowest BCUT2D eigenvalue weighted by Crippen LogP contribution is -2.45. The molecule has 22 heavy (non-hydrogen) atoms. The molecule has 0 aliphatic heterocycles. The third kappa shape index (κ3) is 4.66. The van der Waals surface area contributed by atoms with Crippen LogP contribution in [0.5, 0.6) is 0 Å². The molecule has 1 unspecified atom stereocenters. The van der Waals surface area contributed by atoms with E-state index in [0.717, 1.165) is 18.7 Å². The minimum absolute atomic E-state index is 0.191. The summed E-state index contributed by atoms with van der Waals surface area (Å²) in [5, 5.41) is 6.22. The predicted octanol–water partition coefficient (Wildman–Crippen LogP) is 2.11. The second-order valence-electron chi connectivity index (χ2n) is 5.79. The number of aliphatic imine (C=N–C) groups is 1. The van der Waals surface area contributed by atoms with Crippen molar-refractivity contribution in [1.82, 2.24) is 15.5 Å². The van der Waals surface area contributed by atoms with Gasteiger partial charge in [-0.3, -0.25) is 9.89 Å². The van der Waals surface area contributed by atoms with E-state index in [9.17, 15) is 8.78 Å². The van der Waals surface area contributed by atoms with Crippen molar-refractivity contribution in [1.29, 1.82) is 0 Å². The van der Waals surface area contributed by atoms with E-state index in [1.54, 1.807) is 7.05 Å². The van der Waals surface area contributed by atoms with Crippen LogP contribution in [0.1, 0.15) is 25.3 Å². The van der Waals surface area contributed by atoms with E-state index in [1.807, 2.05) is 0 Å². The van der Waals surface area contributed by atoms with Crippen molar-refractivity contribution in [3.8, 4) is 0 Å². The zero-order valence-corrected chi connectivity index (χ0v) is 13.4. The third-order valence-corrected chi connectivity index (χ3v) is 4.06. The van der Waals surface area contributed by atoms with E-state index in [1.165, 1.54) is 18.9 Å². The van der Waals surface area contributed by atoms with Crippen molar-refractivity contribution in [3.05, 3.63) is 35.4 Å². The Balaban J connectivity index is 1.80. The van der Waals surface area contributed by atoms with Crippen LogP contribution < -0.4 is 10.6 Å². The number of rotatable bonds is 6. The first-order chi connectivity index (χ1) is 10.5. The maximum atomic E-state index is 13.6. The Morgan fingerprint density at radius 3 is 2.73 bits per heavy atom. The average molecular weight is 310 g/mol. The maximum Gasteiger partial charge on any atom is 0.191 e. The van der Waals surface area contributed by atoms with Crippen LogP contribution in [0.3, 0.4) is 0 Å². The van der Waals surface area contributed by atoms with Gasteiger partial charge in [-0.25, -0.2) is 8.78 Å². The molecular formula is C16H24F2N4. The van der Waals surface area contributed by atoms with Gasteiger partial charge in [-0.05, 0) is 45.0 Å². The van der Waals surface area contributed by atoms with Crippen molar-refractivity contribution in [2.45, 2.75) is 38.4 Å². The SMILES string of the molecule is CN=C(NCc1cc(F)ccc1F)NCC(C)N(C)C1CC1. The molecule has 0 aromatic heterocycles. The summed E-state index contributed by atoms with van der Waals surface area (Å²) in [6.45, 7) is 3.10. The molecule has 0 saturated heterocycles. The normalized spacial score (nSPS) is 16.7. The summed E-state index contributed by atoms with van der Waals surface area (Å²) >= 11 is 0. The number of benzene rings is 1. The zero-order chi connectivity index (χ0) is 16.1. The molecule has 1 aromatic carbocycles. The number of likely N-dealkylation sites (N-methyl/N-ethyl adjacent to an activating group) is 1. The van der Waals surface area contributed by atoms with Crippen molar-refractivity contribution >= 4 is 5.96 Å². The highest BCUT2D eigenvalue weighted by atomic mass is 19.1. The average Bonchev–Trinajstić information content (AvgIpc) is 3.34. The Bertz CT molecular complexity index is 529. The number of hydrogen-bond donors (Lipinski definition) is 2. The molecule has 2 N–H and O–H groups in total. The van der Waals surface area contributed by atoms with Crippen LogP contribution in [0, 0.1) is 11.6 Å². The Hall–Kier alpha value is -1.69. The minimum Gasteiger partial charge on any atom is -0.355 e. The number of nitrogens with one attached hydrogen (secondary N) is 2. The Morgan fingerprint density at radius 2 is 2.09 bits per heavy atom. The molecule has 1 aliphatic rings. The lowest BCUT2D eigenvalue weighted by atomic mass is 10.2. The van der Waals surface area contributed by atoms with Gasteiger partial charge in [0.1, 0.15) is 11.6 Å². The van der Waals surface area contributed by atoms with E-state index in [0.29, 0.717) is 18.0 Å². The fourth-order valence-corrected chi connectivity index (χ4v) is 2.31. The summed E-state index contributed by atoms with van der Waals surface area (Å²) in [6.07, 6.45) is 2.54. The topological polar surface area (TPSA) is 39.7 Å². The molecule has 1 atom stereocenters. The van der Waals surface area contributed by atoms with Crippen LogP contribution in [0.15, 0.2) is 23.2 Å². The van der Waals surface area contributed by atoms with E-state index in [4.69, 9.17) is 0 Å². The van der Waals surface area contributed by atoms with E-state index in [-0.39, 0.29) is 12.1 Å². The molecule has 0 heterocycles. The van der Waals surface area contributed by atoms with Gasteiger partial charge in [0.05, 0.1) is 0 Å². The largest absolute Gasteiger partial charge is 0.355 e. The number of guanidine groups is 1. The van der Waals surface area contributed by atoms with Crippen molar-refractivity contribution in [2.24, 2.45) is 4.99 Å². The van der Waals surface area contributed by atoms with Crippen LogP contribution in [0.2, 0.25) is 0 Å². The summed E-state index contributed by atoms with van der Waals surface area (Å²) in [5.74, 6) is -0.285. The highest BCUT2D eigenvalue weighted by molar-refractivity contribution is 5.79. The van der Waals surface area contributed by atoms with E-state index < -0.39 is 11.6 Å². The molecule has 0 amide bonds. The molecule has 6 heteroatoms. The zero-order valence-electron chi connectivity index (χ0n) is 13.4. The first-order valence-electron chi connectivity index (χ1n) is 7.61.